The molecule has 1 spiro atoms. The van der Waals surface area contributed by atoms with Gasteiger partial charge in [0, 0.05) is 18.7 Å². The van der Waals surface area contributed by atoms with E-state index in [2.05, 4.69) is 5.32 Å². The lowest BCUT2D eigenvalue weighted by Gasteiger charge is -2.35. The molecule has 0 saturated carbocycles. The van der Waals surface area contributed by atoms with E-state index in [4.69, 9.17) is 14.6 Å². The number of unbranched alkanes of at least 4 members (excludes halogenated alkanes) is 3. The molecule has 8 heteroatoms. The minimum Gasteiger partial charge on any atom is -0.466 e. The first kappa shape index (κ1) is 24.0. The summed E-state index contributed by atoms with van der Waals surface area (Å²) < 4.78 is 11.8. The second-order valence-electron chi connectivity index (χ2n) is 10.4. The number of hydrogen-bond donors (Lipinski definition) is 2. The highest BCUT2D eigenvalue weighted by Gasteiger charge is 2.78. The molecular weight excluding hydrogens is 400 g/mol. The van der Waals surface area contributed by atoms with E-state index in [1.54, 1.807) is 11.8 Å². The molecular formula is C23H38N2O6. The zero-order valence-electron chi connectivity index (χ0n) is 19.5. The molecule has 2 amide bonds. The van der Waals surface area contributed by atoms with Gasteiger partial charge in [-0.25, -0.2) is 0 Å². The van der Waals surface area contributed by atoms with Crippen LogP contribution in [0, 0.1) is 11.8 Å². The third-order valence-corrected chi connectivity index (χ3v) is 6.87. The maximum absolute atomic E-state index is 13.7. The van der Waals surface area contributed by atoms with Gasteiger partial charge >= 0.3 is 5.97 Å². The van der Waals surface area contributed by atoms with Gasteiger partial charge in [-0.05, 0) is 60.3 Å². The second-order valence-corrected chi connectivity index (χ2v) is 10.4. The summed E-state index contributed by atoms with van der Waals surface area (Å²) in [5.41, 5.74) is -2.24. The summed E-state index contributed by atoms with van der Waals surface area (Å²) in [6.45, 7) is 10.2. The number of hydrogen-bond acceptors (Lipinski definition) is 6. The van der Waals surface area contributed by atoms with E-state index < -0.39 is 40.6 Å². The fraction of sp³-hybridized carbons (Fsp3) is 0.870. The summed E-state index contributed by atoms with van der Waals surface area (Å²) in [5, 5.41) is 12.0. The Labute approximate surface area is 185 Å². The summed E-state index contributed by atoms with van der Waals surface area (Å²) in [6.07, 6.45) is 4.36. The molecule has 0 aliphatic carbocycles. The van der Waals surface area contributed by atoms with E-state index >= 15 is 0 Å². The number of fused-ring (bicyclic) bond motifs is 1. The minimum absolute atomic E-state index is 0.151. The van der Waals surface area contributed by atoms with Crippen molar-refractivity contribution in [3.05, 3.63) is 0 Å². The van der Waals surface area contributed by atoms with Crippen molar-refractivity contribution in [1.82, 2.24) is 10.2 Å². The van der Waals surface area contributed by atoms with Gasteiger partial charge in [0.05, 0.1) is 18.1 Å². The van der Waals surface area contributed by atoms with Crippen LogP contribution in [-0.4, -0.2) is 70.3 Å². The highest BCUT2D eigenvalue weighted by Crippen LogP contribution is 2.63. The van der Waals surface area contributed by atoms with Crippen LogP contribution in [0.2, 0.25) is 0 Å². The molecule has 3 fully saturated rings. The first-order valence-corrected chi connectivity index (χ1v) is 11.6. The third-order valence-electron chi connectivity index (χ3n) is 6.87. The van der Waals surface area contributed by atoms with Crippen LogP contribution in [0.3, 0.4) is 0 Å². The van der Waals surface area contributed by atoms with Gasteiger partial charge in [0.2, 0.25) is 11.8 Å². The highest BCUT2D eigenvalue weighted by atomic mass is 16.6. The van der Waals surface area contributed by atoms with Crippen molar-refractivity contribution in [1.29, 1.82) is 0 Å². The van der Waals surface area contributed by atoms with Crippen LogP contribution in [0.25, 0.3) is 0 Å². The molecule has 2 bridgehead atoms. The van der Waals surface area contributed by atoms with E-state index in [0.29, 0.717) is 19.4 Å². The number of carbonyl (C=O) groups excluding carboxylic acids is 3. The largest absolute Gasteiger partial charge is 0.466 e. The maximum Gasteiger partial charge on any atom is 0.312 e. The van der Waals surface area contributed by atoms with Gasteiger partial charge in [-0.1, -0.05) is 12.8 Å². The van der Waals surface area contributed by atoms with Gasteiger partial charge < -0.3 is 24.8 Å². The molecule has 0 radical (unpaired) electrons. The standard InChI is InChI=1S/C23H38N2O6/c1-6-30-20(29)16-15-19(28)25(13-9-7-8-10-14-26)17(18(27)24-21(2,3)4)23(15)12-11-22(16,5)31-23/h15-17,26H,6-14H2,1-5H3,(H,24,27)/t15-,16-,17?,22+,23?/m0/s1. The minimum atomic E-state index is -0.996. The quantitative estimate of drug-likeness (QED) is 0.420. The molecule has 176 valence electrons. The van der Waals surface area contributed by atoms with Crippen molar-refractivity contribution in [2.24, 2.45) is 11.8 Å². The molecule has 0 aromatic carbocycles. The monoisotopic (exact) mass is 438 g/mol. The number of amides is 2. The smallest absolute Gasteiger partial charge is 0.312 e. The summed E-state index contributed by atoms with van der Waals surface area (Å²) >= 11 is 0. The lowest BCUT2D eigenvalue weighted by Crippen LogP contribution is -2.58. The zero-order chi connectivity index (χ0) is 23.0. The van der Waals surface area contributed by atoms with Crippen LogP contribution >= 0.6 is 0 Å². The van der Waals surface area contributed by atoms with Crippen LogP contribution in [0.5, 0.6) is 0 Å². The van der Waals surface area contributed by atoms with Crippen molar-refractivity contribution in [3.8, 4) is 0 Å². The maximum atomic E-state index is 13.7. The summed E-state index contributed by atoms with van der Waals surface area (Å²) in [7, 11) is 0. The average molecular weight is 439 g/mol. The Balaban J connectivity index is 1.92. The van der Waals surface area contributed by atoms with Crippen LogP contribution in [0.1, 0.15) is 73.1 Å². The molecule has 0 aromatic heterocycles. The van der Waals surface area contributed by atoms with Gasteiger partial charge in [0.25, 0.3) is 0 Å². The topological polar surface area (TPSA) is 105 Å². The number of ether oxygens (including phenoxy) is 2. The molecule has 3 aliphatic rings. The van der Waals surface area contributed by atoms with Crippen molar-refractivity contribution in [2.45, 2.75) is 95.9 Å². The fourth-order valence-electron chi connectivity index (χ4n) is 5.74. The van der Waals surface area contributed by atoms with Crippen molar-refractivity contribution >= 4 is 17.8 Å². The molecule has 3 heterocycles. The Hall–Kier alpha value is -1.67. The van der Waals surface area contributed by atoms with Crippen LogP contribution in [0.15, 0.2) is 0 Å². The van der Waals surface area contributed by atoms with Crippen molar-refractivity contribution in [3.63, 3.8) is 0 Å². The van der Waals surface area contributed by atoms with E-state index in [9.17, 15) is 14.4 Å². The Bertz CT molecular complexity index is 719. The molecule has 5 atom stereocenters. The number of esters is 1. The first-order chi connectivity index (χ1) is 14.5. The number of likely N-dealkylation sites (tertiary alicyclic amines) is 1. The van der Waals surface area contributed by atoms with E-state index in [0.717, 1.165) is 25.7 Å². The van der Waals surface area contributed by atoms with Gasteiger partial charge in [-0.3, -0.25) is 14.4 Å². The molecule has 2 N–H and O–H groups in total. The molecule has 2 unspecified atom stereocenters. The number of nitrogens with one attached hydrogen (secondary N) is 1. The zero-order valence-corrected chi connectivity index (χ0v) is 19.5. The van der Waals surface area contributed by atoms with Gasteiger partial charge in [-0.15, -0.1) is 0 Å². The van der Waals surface area contributed by atoms with Gasteiger partial charge in [-0.2, -0.15) is 0 Å². The predicted molar refractivity (Wildman–Crippen MR) is 114 cm³/mol. The normalized spacial score (nSPS) is 34.2. The molecule has 0 aromatic rings. The number of nitrogens with zero attached hydrogens (tertiary/aromatic N) is 1. The second kappa shape index (κ2) is 8.70. The summed E-state index contributed by atoms with van der Waals surface area (Å²) in [4.78, 5) is 41.6. The molecule has 31 heavy (non-hydrogen) atoms. The van der Waals surface area contributed by atoms with E-state index in [-0.39, 0.29) is 25.0 Å². The molecule has 3 saturated heterocycles. The van der Waals surface area contributed by atoms with E-state index in [1.807, 2.05) is 27.7 Å². The fourth-order valence-corrected chi connectivity index (χ4v) is 5.74. The van der Waals surface area contributed by atoms with Gasteiger partial charge in [0.1, 0.15) is 17.6 Å². The van der Waals surface area contributed by atoms with Gasteiger partial charge in [0.15, 0.2) is 0 Å². The Morgan fingerprint density at radius 2 is 1.90 bits per heavy atom. The van der Waals surface area contributed by atoms with Crippen LogP contribution in [-0.2, 0) is 23.9 Å². The lowest BCUT2D eigenvalue weighted by molar-refractivity contribution is -0.159. The first-order valence-electron chi connectivity index (χ1n) is 11.6. The Kier molecular flexibility index (Phi) is 6.73. The van der Waals surface area contributed by atoms with Crippen molar-refractivity contribution in [2.75, 3.05) is 19.8 Å². The molecule has 8 nitrogen and oxygen atoms in total. The number of aliphatic hydroxyl groups excluding tert-OH is 1. The van der Waals surface area contributed by atoms with Crippen LogP contribution in [0.4, 0.5) is 0 Å². The SMILES string of the molecule is CCOC(=O)[C@@H]1[C@H]2C(=O)N(CCCCCCO)C(C(=O)NC(C)(C)C)C23CC[C@@]1(C)O3. The summed E-state index contributed by atoms with van der Waals surface area (Å²) in [5.74, 6) is -2.22. The third kappa shape index (κ3) is 4.21. The number of carbonyl (C=O) groups is 3. The molecule has 3 rings (SSSR count). The summed E-state index contributed by atoms with van der Waals surface area (Å²) in [6, 6.07) is -0.761. The molecule has 3 aliphatic heterocycles. The average Bonchev–Trinajstić information content (AvgIpc) is 3.21. The number of aliphatic hydroxyl groups is 1. The van der Waals surface area contributed by atoms with Crippen molar-refractivity contribution < 1.29 is 29.0 Å². The Morgan fingerprint density at radius 1 is 1.23 bits per heavy atom. The number of rotatable bonds is 9. The Morgan fingerprint density at radius 3 is 2.52 bits per heavy atom. The lowest BCUT2D eigenvalue weighted by atomic mass is 9.66. The van der Waals surface area contributed by atoms with Crippen LogP contribution < -0.4 is 5.32 Å². The highest BCUT2D eigenvalue weighted by molar-refractivity contribution is 5.98. The predicted octanol–water partition coefficient (Wildman–Crippen LogP) is 1.78. The van der Waals surface area contributed by atoms with E-state index in [1.165, 1.54) is 0 Å².